The minimum Gasteiger partial charge on any atom is -0.349 e. The highest BCUT2D eigenvalue weighted by molar-refractivity contribution is 7.88. The molecule has 7 heteroatoms. The molecule has 0 radical (unpaired) electrons. The number of carbonyl (C=O) groups excluding carboxylic acids is 1. The fourth-order valence-electron chi connectivity index (χ4n) is 3.43. The molecule has 0 saturated carbocycles. The molecule has 1 N–H and O–H groups in total. The summed E-state index contributed by atoms with van der Waals surface area (Å²) < 4.78 is 39.6. The molecule has 0 spiro atoms. The van der Waals surface area contributed by atoms with E-state index in [0.717, 1.165) is 5.56 Å². The molecule has 3 rings (SSSR count). The highest BCUT2D eigenvalue weighted by Gasteiger charge is 2.31. The van der Waals surface area contributed by atoms with E-state index in [9.17, 15) is 17.6 Å². The van der Waals surface area contributed by atoms with Gasteiger partial charge in [0, 0.05) is 19.0 Å². The maximum absolute atomic E-state index is 13.0. The molecular weight excluding hydrogens is 379 g/mol. The van der Waals surface area contributed by atoms with Gasteiger partial charge in [0.15, 0.2) is 0 Å². The molecular formula is C21H25FN2O3S. The Morgan fingerprint density at radius 2 is 1.71 bits per heavy atom. The number of benzene rings is 2. The van der Waals surface area contributed by atoms with Crippen LogP contribution in [0.15, 0.2) is 54.6 Å². The van der Waals surface area contributed by atoms with Crippen molar-refractivity contribution in [3.8, 4) is 0 Å². The molecule has 1 unspecified atom stereocenters. The van der Waals surface area contributed by atoms with E-state index in [-0.39, 0.29) is 23.6 Å². The van der Waals surface area contributed by atoms with E-state index in [2.05, 4.69) is 5.32 Å². The van der Waals surface area contributed by atoms with Crippen molar-refractivity contribution in [1.82, 2.24) is 9.62 Å². The Hall–Kier alpha value is -2.25. The van der Waals surface area contributed by atoms with Gasteiger partial charge in [-0.3, -0.25) is 4.79 Å². The van der Waals surface area contributed by atoms with Crippen LogP contribution < -0.4 is 5.32 Å². The van der Waals surface area contributed by atoms with E-state index in [4.69, 9.17) is 0 Å². The second kappa shape index (κ2) is 8.84. The van der Waals surface area contributed by atoms with E-state index in [1.807, 2.05) is 37.3 Å². The van der Waals surface area contributed by atoms with Gasteiger partial charge in [-0.1, -0.05) is 42.5 Å². The van der Waals surface area contributed by atoms with Gasteiger partial charge in [-0.2, -0.15) is 0 Å². The van der Waals surface area contributed by atoms with Gasteiger partial charge in [0.25, 0.3) is 0 Å². The van der Waals surface area contributed by atoms with Crippen LogP contribution in [0.5, 0.6) is 0 Å². The normalized spacial score (nSPS) is 17.2. The predicted octanol–water partition coefficient (Wildman–Crippen LogP) is 3.24. The lowest BCUT2D eigenvalue weighted by atomic mass is 9.96. The van der Waals surface area contributed by atoms with Crippen molar-refractivity contribution < 1.29 is 17.6 Å². The standard InChI is InChI=1S/C21H25FN2O3S/c1-16(18-5-3-2-4-6-18)23-21(25)19-11-13-24(14-12-19)28(26,27)15-17-7-9-20(22)10-8-17/h2-10,16,19H,11-15H2,1H3,(H,23,25). The molecule has 0 bridgehead atoms. The van der Waals surface area contributed by atoms with Crippen LogP contribution >= 0.6 is 0 Å². The fourth-order valence-corrected chi connectivity index (χ4v) is 5.00. The lowest BCUT2D eigenvalue weighted by Crippen LogP contribution is -2.43. The van der Waals surface area contributed by atoms with Crippen molar-refractivity contribution in [3.05, 3.63) is 71.5 Å². The van der Waals surface area contributed by atoms with Crippen LogP contribution in [0, 0.1) is 11.7 Å². The van der Waals surface area contributed by atoms with Crippen LogP contribution in [0.1, 0.15) is 36.9 Å². The molecule has 0 aliphatic carbocycles. The first-order chi connectivity index (χ1) is 13.3. The molecule has 2 aromatic carbocycles. The topological polar surface area (TPSA) is 66.5 Å². The Morgan fingerprint density at radius 3 is 2.32 bits per heavy atom. The minimum atomic E-state index is -3.49. The molecule has 1 fully saturated rings. The van der Waals surface area contributed by atoms with Crippen molar-refractivity contribution in [2.75, 3.05) is 13.1 Å². The number of piperidine rings is 1. The molecule has 2 aromatic rings. The maximum atomic E-state index is 13.0. The largest absolute Gasteiger partial charge is 0.349 e. The maximum Gasteiger partial charge on any atom is 0.223 e. The number of carbonyl (C=O) groups is 1. The zero-order valence-corrected chi connectivity index (χ0v) is 16.7. The minimum absolute atomic E-state index is 0.0352. The zero-order chi connectivity index (χ0) is 20.1. The van der Waals surface area contributed by atoms with Crippen LogP contribution in [0.2, 0.25) is 0 Å². The molecule has 1 aliphatic rings. The van der Waals surface area contributed by atoms with Crippen molar-refractivity contribution in [3.63, 3.8) is 0 Å². The van der Waals surface area contributed by atoms with Crippen LogP contribution in [0.25, 0.3) is 0 Å². The quantitative estimate of drug-likeness (QED) is 0.804. The second-order valence-electron chi connectivity index (χ2n) is 7.20. The lowest BCUT2D eigenvalue weighted by Gasteiger charge is -2.31. The molecule has 1 aliphatic heterocycles. The Labute approximate surface area is 165 Å². The lowest BCUT2D eigenvalue weighted by molar-refractivity contribution is -0.126. The van der Waals surface area contributed by atoms with E-state index < -0.39 is 15.8 Å². The van der Waals surface area contributed by atoms with Gasteiger partial charge < -0.3 is 5.32 Å². The van der Waals surface area contributed by atoms with Gasteiger partial charge in [-0.15, -0.1) is 0 Å². The van der Waals surface area contributed by atoms with E-state index >= 15 is 0 Å². The Bertz CT molecular complexity index is 893. The molecule has 28 heavy (non-hydrogen) atoms. The summed E-state index contributed by atoms with van der Waals surface area (Å²) in [5.74, 6) is -0.775. The van der Waals surface area contributed by atoms with E-state index in [1.165, 1.54) is 28.6 Å². The highest BCUT2D eigenvalue weighted by atomic mass is 32.2. The summed E-state index contributed by atoms with van der Waals surface area (Å²) in [4.78, 5) is 12.5. The summed E-state index contributed by atoms with van der Waals surface area (Å²) in [5, 5.41) is 3.02. The number of rotatable bonds is 6. The number of hydrogen-bond acceptors (Lipinski definition) is 3. The Balaban J connectivity index is 1.53. The van der Waals surface area contributed by atoms with Crippen LogP contribution in [-0.4, -0.2) is 31.7 Å². The first-order valence-electron chi connectivity index (χ1n) is 9.43. The third-order valence-corrected chi connectivity index (χ3v) is 6.99. The predicted molar refractivity (Wildman–Crippen MR) is 106 cm³/mol. The number of nitrogens with one attached hydrogen (secondary N) is 1. The Morgan fingerprint density at radius 1 is 1.11 bits per heavy atom. The van der Waals surface area contributed by atoms with Gasteiger partial charge >= 0.3 is 0 Å². The van der Waals surface area contributed by atoms with Gasteiger partial charge in [-0.25, -0.2) is 17.1 Å². The van der Waals surface area contributed by atoms with Crippen LogP contribution in [0.3, 0.4) is 0 Å². The number of sulfonamides is 1. The first-order valence-corrected chi connectivity index (χ1v) is 11.0. The second-order valence-corrected chi connectivity index (χ2v) is 9.17. The zero-order valence-electron chi connectivity index (χ0n) is 15.8. The number of amides is 1. The average molecular weight is 405 g/mol. The highest BCUT2D eigenvalue weighted by Crippen LogP contribution is 2.23. The smallest absolute Gasteiger partial charge is 0.223 e. The molecule has 1 heterocycles. The van der Waals surface area contributed by atoms with E-state index in [0.29, 0.717) is 31.5 Å². The third-order valence-electron chi connectivity index (χ3n) is 5.14. The summed E-state index contributed by atoms with van der Waals surface area (Å²) in [6.45, 7) is 2.58. The fraction of sp³-hybridized carbons (Fsp3) is 0.381. The summed E-state index contributed by atoms with van der Waals surface area (Å²) >= 11 is 0. The van der Waals surface area contributed by atoms with Crippen LogP contribution in [0.4, 0.5) is 4.39 Å². The molecule has 0 aromatic heterocycles. The average Bonchev–Trinajstić information content (AvgIpc) is 2.70. The van der Waals surface area contributed by atoms with Crippen LogP contribution in [-0.2, 0) is 20.6 Å². The summed E-state index contributed by atoms with van der Waals surface area (Å²) in [6.07, 6.45) is 0.992. The monoisotopic (exact) mass is 404 g/mol. The number of hydrogen-bond donors (Lipinski definition) is 1. The summed E-state index contributed by atoms with van der Waals surface area (Å²) in [7, 11) is -3.49. The van der Waals surface area contributed by atoms with Crippen molar-refractivity contribution in [1.29, 1.82) is 0 Å². The summed E-state index contributed by atoms with van der Waals surface area (Å²) in [6, 6.07) is 15.1. The van der Waals surface area contributed by atoms with Gasteiger partial charge in [0.05, 0.1) is 11.8 Å². The van der Waals surface area contributed by atoms with Gasteiger partial charge in [-0.05, 0) is 43.0 Å². The van der Waals surface area contributed by atoms with Crippen molar-refractivity contribution >= 4 is 15.9 Å². The third kappa shape index (κ3) is 5.17. The molecule has 5 nitrogen and oxygen atoms in total. The SMILES string of the molecule is CC(NC(=O)C1CCN(S(=O)(=O)Cc2ccc(F)cc2)CC1)c1ccccc1. The number of halogens is 1. The molecule has 1 amide bonds. The molecule has 150 valence electrons. The van der Waals surface area contributed by atoms with Crippen molar-refractivity contribution in [2.45, 2.75) is 31.6 Å². The first kappa shape index (κ1) is 20.5. The molecule has 1 saturated heterocycles. The summed E-state index contributed by atoms with van der Waals surface area (Å²) in [5.41, 5.74) is 1.59. The van der Waals surface area contributed by atoms with E-state index in [1.54, 1.807) is 0 Å². The number of nitrogens with zero attached hydrogens (tertiary/aromatic N) is 1. The Kier molecular flexibility index (Phi) is 6.46. The van der Waals surface area contributed by atoms with Gasteiger partial charge in [0.1, 0.15) is 5.82 Å². The van der Waals surface area contributed by atoms with Crippen molar-refractivity contribution in [2.24, 2.45) is 5.92 Å². The van der Waals surface area contributed by atoms with Gasteiger partial charge in [0.2, 0.25) is 15.9 Å². The molecule has 1 atom stereocenters.